The van der Waals surface area contributed by atoms with E-state index >= 15 is 0 Å². The summed E-state index contributed by atoms with van der Waals surface area (Å²) in [5.74, 6) is -0.286. The van der Waals surface area contributed by atoms with Crippen molar-refractivity contribution in [3.63, 3.8) is 0 Å². The fourth-order valence-corrected chi connectivity index (χ4v) is 4.41. The number of primary amides is 1. The van der Waals surface area contributed by atoms with Gasteiger partial charge in [0.2, 0.25) is 0 Å². The highest BCUT2D eigenvalue weighted by atomic mass is 32.2. The predicted molar refractivity (Wildman–Crippen MR) is 94.9 cm³/mol. The molecule has 1 aliphatic carbocycles. The molecule has 0 unspecified atom stereocenters. The predicted octanol–water partition coefficient (Wildman–Crippen LogP) is 2.67. The molecule has 8 heteroatoms. The number of nitrogens with zero attached hydrogens (tertiary/aromatic N) is 1. The van der Waals surface area contributed by atoms with Gasteiger partial charge in [-0.1, -0.05) is 31.4 Å². The molecular weight excluding hydrogens is 340 g/mol. The third-order valence-electron chi connectivity index (χ3n) is 4.68. The summed E-state index contributed by atoms with van der Waals surface area (Å²) in [5.41, 5.74) is 6.80. The molecule has 0 radical (unpaired) electrons. The fourth-order valence-electron chi connectivity index (χ4n) is 3.28. The molecule has 1 amide bonds. The monoisotopic (exact) mass is 362 g/mol. The van der Waals surface area contributed by atoms with Crippen molar-refractivity contribution in [2.75, 3.05) is 4.72 Å². The molecular formula is C17H22N4O3S. The van der Waals surface area contributed by atoms with E-state index in [4.69, 9.17) is 5.73 Å². The molecule has 1 aliphatic rings. The van der Waals surface area contributed by atoms with Crippen LogP contribution in [0.5, 0.6) is 0 Å². The van der Waals surface area contributed by atoms with E-state index < -0.39 is 15.9 Å². The molecule has 1 fully saturated rings. The number of carbonyl (C=O) groups excluding carboxylic acids is 1. The summed E-state index contributed by atoms with van der Waals surface area (Å²) in [5, 5.41) is 6.31. The van der Waals surface area contributed by atoms with Gasteiger partial charge in [-0.25, -0.2) is 8.42 Å². The molecule has 3 rings (SSSR count). The van der Waals surface area contributed by atoms with Gasteiger partial charge < -0.3 is 5.73 Å². The highest BCUT2D eigenvalue weighted by molar-refractivity contribution is 7.92. The summed E-state index contributed by atoms with van der Waals surface area (Å²) < 4.78 is 27.6. The summed E-state index contributed by atoms with van der Waals surface area (Å²) in [4.78, 5) is 11.5. The number of rotatable bonds is 5. The number of nitrogens with two attached hydrogens (primary N) is 1. The fraction of sp³-hybridized carbons (Fsp3) is 0.412. The number of benzene rings is 1. The third-order valence-corrected chi connectivity index (χ3v) is 6.05. The number of nitrogens with one attached hydrogen (secondary N) is 2. The van der Waals surface area contributed by atoms with Gasteiger partial charge in [-0.15, -0.1) is 0 Å². The molecule has 0 saturated heterocycles. The summed E-state index contributed by atoms with van der Waals surface area (Å²) in [6.07, 6.45) is 6.03. The second-order valence-electron chi connectivity index (χ2n) is 6.45. The molecule has 1 aromatic heterocycles. The Hall–Kier alpha value is -2.35. The number of hydrogen-bond donors (Lipinski definition) is 3. The van der Waals surface area contributed by atoms with Crippen LogP contribution in [-0.4, -0.2) is 24.5 Å². The van der Waals surface area contributed by atoms with Crippen molar-refractivity contribution in [2.45, 2.75) is 49.8 Å². The van der Waals surface area contributed by atoms with E-state index in [1.807, 2.05) is 12.1 Å². The number of hydrogen-bond acceptors (Lipinski definition) is 4. The van der Waals surface area contributed by atoms with Crippen molar-refractivity contribution in [2.24, 2.45) is 5.73 Å². The van der Waals surface area contributed by atoms with Crippen LogP contribution in [0.15, 0.2) is 29.2 Å². The molecule has 25 heavy (non-hydrogen) atoms. The van der Waals surface area contributed by atoms with Crippen LogP contribution in [-0.2, 0) is 10.0 Å². The molecule has 0 atom stereocenters. The summed E-state index contributed by atoms with van der Waals surface area (Å²) in [7, 11) is -3.83. The van der Waals surface area contributed by atoms with E-state index in [0.29, 0.717) is 11.6 Å². The quantitative estimate of drug-likeness (QED) is 0.757. The van der Waals surface area contributed by atoms with Gasteiger partial charge in [0.05, 0.1) is 10.6 Å². The van der Waals surface area contributed by atoms with Crippen LogP contribution >= 0.6 is 0 Å². The van der Waals surface area contributed by atoms with E-state index in [9.17, 15) is 13.2 Å². The maximum Gasteiger partial charge on any atom is 0.271 e. The molecule has 4 N–H and O–H groups in total. The number of sulfonamides is 1. The highest BCUT2D eigenvalue weighted by Crippen LogP contribution is 2.33. The van der Waals surface area contributed by atoms with Crippen molar-refractivity contribution in [1.82, 2.24) is 10.2 Å². The maximum absolute atomic E-state index is 12.6. The number of carbonyl (C=O) groups is 1. The molecule has 1 aromatic carbocycles. The van der Waals surface area contributed by atoms with Crippen molar-refractivity contribution in [1.29, 1.82) is 0 Å². The van der Waals surface area contributed by atoms with Crippen LogP contribution in [0.1, 0.15) is 59.8 Å². The topological polar surface area (TPSA) is 118 Å². The maximum atomic E-state index is 12.6. The average molecular weight is 362 g/mol. The Kier molecular flexibility index (Phi) is 4.80. The second-order valence-corrected chi connectivity index (χ2v) is 8.13. The molecule has 7 nitrogen and oxygen atoms in total. The largest absolute Gasteiger partial charge is 0.364 e. The first kappa shape index (κ1) is 17.5. The molecule has 0 bridgehead atoms. The Morgan fingerprint density at radius 2 is 1.84 bits per heavy atom. The summed E-state index contributed by atoms with van der Waals surface area (Å²) in [6.45, 7) is 1.61. The molecule has 0 spiro atoms. The van der Waals surface area contributed by atoms with E-state index in [1.165, 1.54) is 24.8 Å². The van der Waals surface area contributed by atoms with Crippen molar-refractivity contribution in [3.05, 3.63) is 41.2 Å². The second kappa shape index (κ2) is 6.87. The lowest BCUT2D eigenvalue weighted by Crippen LogP contribution is -2.18. The molecule has 1 heterocycles. The molecule has 134 valence electrons. The highest BCUT2D eigenvalue weighted by Gasteiger charge is 2.23. The zero-order chi connectivity index (χ0) is 18.0. The Balaban J connectivity index is 1.83. The lowest BCUT2D eigenvalue weighted by molar-refractivity contribution is 0.0996. The Labute approximate surface area is 147 Å². The summed E-state index contributed by atoms with van der Waals surface area (Å²) in [6, 6.07) is 6.96. The van der Waals surface area contributed by atoms with Gasteiger partial charge in [-0.3, -0.25) is 14.6 Å². The number of aryl methyl sites for hydroxylation is 1. The van der Waals surface area contributed by atoms with Gasteiger partial charge in [0.15, 0.2) is 5.69 Å². The number of aromatic amines is 1. The zero-order valence-electron chi connectivity index (χ0n) is 14.1. The smallest absolute Gasteiger partial charge is 0.271 e. The van der Waals surface area contributed by atoms with E-state index in [2.05, 4.69) is 14.9 Å². The van der Waals surface area contributed by atoms with Gasteiger partial charge in [0, 0.05) is 0 Å². The minimum atomic E-state index is -3.83. The van der Waals surface area contributed by atoms with Crippen molar-refractivity contribution in [3.8, 4) is 0 Å². The van der Waals surface area contributed by atoms with E-state index in [1.54, 1.807) is 19.1 Å². The first-order valence-corrected chi connectivity index (χ1v) is 9.84. The van der Waals surface area contributed by atoms with Gasteiger partial charge in [0.1, 0.15) is 5.69 Å². The number of amides is 1. The number of H-pyrrole nitrogens is 1. The average Bonchev–Trinajstić information content (AvgIpc) is 2.96. The Morgan fingerprint density at radius 3 is 2.44 bits per heavy atom. The first-order valence-electron chi connectivity index (χ1n) is 8.36. The SMILES string of the molecule is Cc1[nH]nc(C(N)=O)c1NS(=O)(=O)c1ccc(C2CCCCC2)cc1. The Bertz CT molecular complexity index is 866. The van der Waals surface area contributed by atoms with E-state index in [-0.39, 0.29) is 16.3 Å². The Morgan fingerprint density at radius 1 is 1.20 bits per heavy atom. The van der Waals surface area contributed by atoms with Crippen molar-refractivity contribution < 1.29 is 13.2 Å². The van der Waals surface area contributed by atoms with Crippen LogP contribution < -0.4 is 10.5 Å². The normalized spacial score (nSPS) is 15.9. The van der Waals surface area contributed by atoms with Gasteiger partial charge in [-0.2, -0.15) is 5.10 Å². The molecule has 2 aromatic rings. The van der Waals surface area contributed by atoms with Crippen LogP contribution in [0.2, 0.25) is 0 Å². The van der Waals surface area contributed by atoms with Crippen LogP contribution in [0.25, 0.3) is 0 Å². The van der Waals surface area contributed by atoms with Crippen molar-refractivity contribution >= 4 is 21.6 Å². The first-order chi connectivity index (χ1) is 11.9. The van der Waals surface area contributed by atoms with Gasteiger partial charge in [-0.05, 0) is 43.4 Å². The number of anilines is 1. The molecule has 0 aliphatic heterocycles. The summed E-state index contributed by atoms with van der Waals surface area (Å²) >= 11 is 0. The lowest BCUT2D eigenvalue weighted by atomic mass is 9.84. The zero-order valence-corrected chi connectivity index (χ0v) is 14.9. The van der Waals surface area contributed by atoms with E-state index in [0.717, 1.165) is 12.8 Å². The van der Waals surface area contributed by atoms with Gasteiger partial charge >= 0.3 is 0 Å². The third kappa shape index (κ3) is 3.68. The minimum Gasteiger partial charge on any atom is -0.364 e. The molecule has 1 saturated carbocycles. The van der Waals surface area contributed by atoms with Crippen LogP contribution in [0.3, 0.4) is 0 Å². The lowest BCUT2D eigenvalue weighted by Gasteiger charge is -2.22. The minimum absolute atomic E-state index is 0.0869. The van der Waals surface area contributed by atoms with Crippen LogP contribution in [0, 0.1) is 6.92 Å². The number of aromatic nitrogens is 2. The van der Waals surface area contributed by atoms with Crippen LogP contribution in [0.4, 0.5) is 5.69 Å². The standard InChI is InChI=1S/C17H22N4O3S/c1-11-15(16(17(18)22)20-19-11)21-25(23,24)14-9-7-13(8-10-14)12-5-3-2-4-6-12/h7-10,12,21H,2-6H2,1H3,(H2,18,22)(H,19,20). The van der Waals surface area contributed by atoms with Gasteiger partial charge in [0.25, 0.3) is 15.9 Å².